The molecule has 0 aliphatic carbocycles. The Hall–Kier alpha value is -2.37. The molecule has 2 aromatic rings. The van der Waals surface area contributed by atoms with Crippen LogP contribution in [0.4, 0.5) is 5.69 Å². The van der Waals surface area contributed by atoms with Crippen LogP contribution in [0.15, 0.2) is 18.3 Å². The third kappa shape index (κ3) is 1.81. The predicted octanol–water partition coefficient (Wildman–Crippen LogP) is 1.25. The molecule has 0 atom stereocenters. The first-order chi connectivity index (χ1) is 8.56. The molecule has 0 spiro atoms. The van der Waals surface area contributed by atoms with E-state index in [4.69, 9.17) is 10.5 Å². The fourth-order valence-electron chi connectivity index (χ4n) is 1.70. The van der Waals surface area contributed by atoms with Gasteiger partial charge in [0.1, 0.15) is 5.56 Å². The maximum atomic E-state index is 11.7. The van der Waals surface area contributed by atoms with Crippen molar-refractivity contribution in [3.05, 3.63) is 35.3 Å². The highest BCUT2D eigenvalue weighted by Crippen LogP contribution is 2.20. The minimum atomic E-state index is -0.454. The average Bonchev–Trinajstić information content (AvgIpc) is 2.65. The quantitative estimate of drug-likeness (QED) is 0.806. The molecule has 0 amide bonds. The van der Waals surface area contributed by atoms with Gasteiger partial charge in [0.2, 0.25) is 0 Å². The summed E-state index contributed by atoms with van der Waals surface area (Å²) in [5.41, 5.74) is 8.27. The third-order valence-corrected chi connectivity index (χ3v) is 2.74. The molecular weight excluding hydrogens is 232 g/mol. The van der Waals surface area contributed by atoms with Crippen LogP contribution in [0.3, 0.4) is 0 Å². The number of hydrogen-bond donors (Lipinski definition) is 1. The Bertz CT molecular complexity index is 604. The summed E-state index contributed by atoms with van der Waals surface area (Å²) in [5.74, 6) is -0.0362. The number of methoxy groups -OCH3 is 1. The van der Waals surface area contributed by atoms with Crippen LogP contribution in [0.1, 0.15) is 21.7 Å². The van der Waals surface area contributed by atoms with Crippen LogP contribution < -0.4 is 5.73 Å². The minimum Gasteiger partial charge on any atom is -0.465 e. The van der Waals surface area contributed by atoms with Gasteiger partial charge in [-0.05, 0) is 26.0 Å². The Morgan fingerprint density at radius 3 is 2.72 bits per heavy atom. The second-order valence-electron chi connectivity index (χ2n) is 3.86. The molecule has 94 valence electrons. The van der Waals surface area contributed by atoms with Gasteiger partial charge >= 0.3 is 5.97 Å². The molecule has 2 rings (SSSR count). The first kappa shape index (κ1) is 12.1. The molecule has 2 aromatic heterocycles. The van der Waals surface area contributed by atoms with Crippen LogP contribution in [0.2, 0.25) is 0 Å². The molecule has 0 saturated heterocycles. The third-order valence-electron chi connectivity index (χ3n) is 2.74. The largest absolute Gasteiger partial charge is 0.465 e. The number of carbonyl (C=O) groups excluding carboxylic acids is 1. The number of carbonyl (C=O) groups is 1. The van der Waals surface area contributed by atoms with E-state index in [1.54, 1.807) is 29.9 Å². The second-order valence-corrected chi connectivity index (χ2v) is 3.86. The summed E-state index contributed by atoms with van der Waals surface area (Å²) in [6.45, 7) is 3.63. The lowest BCUT2D eigenvalue weighted by atomic mass is 10.2. The summed E-state index contributed by atoms with van der Waals surface area (Å²) < 4.78 is 6.28. The van der Waals surface area contributed by atoms with Gasteiger partial charge in [-0.15, -0.1) is 0 Å². The molecule has 0 fully saturated rings. The van der Waals surface area contributed by atoms with Gasteiger partial charge in [0.05, 0.1) is 24.2 Å². The van der Waals surface area contributed by atoms with Crippen molar-refractivity contribution < 1.29 is 9.53 Å². The van der Waals surface area contributed by atoms with E-state index >= 15 is 0 Å². The van der Waals surface area contributed by atoms with Crippen molar-refractivity contribution >= 4 is 11.7 Å². The number of nitrogen functional groups attached to an aromatic ring is 1. The van der Waals surface area contributed by atoms with Gasteiger partial charge < -0.3 is 10.5 Å². The fraction of sp³-hybridized carbons (Fsp3) is 0.250. The van der Waals surface area contributed by atoms with Crippen molar-refractivity contribution in [1.82, 2.24) is 14.8 Å². The number of anilines is 1. The standard InChI is InChI=1S/C12H14N4O2/c1-7-10(13)8(2)16(15-7)11-9(12(17)18-3)5-4-6-14-11/h4-6H,13H2,1-3H3. The molecule has 2 heterocycles. The summed E-state index contributed by atoms with van der Waals surface area (Å²) in [4.78, 5) is 15.9. The molecule has 0 saturated carbocycles. The molecule has 6 nitrogen and oxygen atoms in total. The van der Waals surface area contributed by atoms with Crippen molar-refractivity contribution in [3.63, 3.8) is 0 Å². The minimum absolute atomic E-state index is 0.352. The maximum absolute atomic E-state index is 11.7. The SMILES string of the molecule is COC(=O)c1cccnc1-n1nc(C)c(N)c1C. The van der Waals surface area contributed by atoms with Crippen molar-refractivity contribution in [3.8, 4) is 5.82 Å². The maximum Gasteiger partial charge on any atom is 0.341 e. The van der Waals surface area contributed by atoms with Gasteiger partial charge in [-0.1, -0.05) is 0 Å². The van der Waals surface area contributed by atoms with E-state index in [1.165, 1.54) is 7.11 Å². The Kier molecular flexibility index (Phi) is 3.01. The lowest BCUT2D eigenvalue weighted by Gasteiger charge is -2.08. The zero-order valence-electron chi connectivity index (χ0n) is 10.5. The second kappa shape index (κ2) is 4.48. The van der Waals surface area contributed by atoms with Gasteiger partial charge in [-0.3, -0.25) is 0 Å². The highest BCUT2D eigenvalue weighted by molar-refractivity contribution is 5.92. The number of pyridine rings is 1. The van der Waals surface area contributed by atoms with Gasteiger partial charge in [0, 0.05) is 6.20 Å². The van der Waals surface area contributed by atoms with Crippen LogP contribution in [0.25, 0.3) is 5.82 Å². The molecule has 0 unspecified atom stereocenters. The molecule has 6 heteroatoms. The molecular formula is C12H14N4O2. The smallest absolute Gasteiger partial charge is 0.341 e. The van der Waals surface area contributed by atoms with Crippen LogP contribution >= 0.6 is 0 Å². The Labute approximate surface area is 104 Å². The number of rotatable bonds is 2. The summed E-state index contributed by atoms with van der Waals surface area (Å²) in [7, 11) is 1.33. The van der Waals surface area contributed by atoms with Crippen molar-refractivity contribution in [2.45, 2.75) is 13.8 Å². The van der Waals surface area contributed by atoms with E-state index in [9.17, 15) is 4.79 Å². The zero-order chi connectivity index (χ0) is 13.3. The number of ether oxygens (including phenoxy) is 1. The molecule has 0 radical (unpaired) electrons. The van der Waals surface area contributed by atoms with Gasteiger partial charge in [-0.25, -0.2) is 14.5 Å². The van der Waals surface area contributed by atoms with Crippen LogP contribution in [0.5, 0.6) is 0 Å². The number of nitrogens with zero attached hydrogens (tertiary/aromatic N) is 3. The van der Waals surface area contributed by atoms with Gasteiger partial charge in [0.25, 0.3) is 0 Å². The fourth-order valence-corrected chi connectivity index (χ4v) is 1.70. The summed E-state index contributed by atoms with van der Waals surface area (Å²) in [5, 5.41) is 4.28. The predicted molar refractivity (Wildman–Crippen MR) is 66.6 cm³/mol. The topological polar surface area (TPSA) is 83.0 Å². The lowest BCUT2D eigenvalue weighted by molar-refractivity contribution is 0.0600. The Morgan fingerprint density at radius 1 is 1.44 bits per heavy atom. The van der Waals surface area contributed by atoms with Gasteiger partial charge in [-0.2, -0.15) is 5.10 Å². The highest BCUT2D eigenvalue weighted by Gasteiger charge is 2.18. The highest BCUT2D eigenvalue weighted by atomic mass is 16.5. The van der Waals surface area contributed by atoms with Crippen molar-refractivity contribution in [1.29, 1.82) is 0 Å². The van der Waals surface area contributed by atoms with Crippen LogP contribution in [0, 0.1) is 13.8 Å². The van der Waals surface area contributed by atoms with Crippen LogP contribution in [-0.4, -0.2) is 27.8 Å². The van der Waals surface area contributed by atoms with Gasteiger partial charge in [0.15, 0.2) is 5.82 Å². The zero-order valence-corrected chi connectivity index (χ0v) is 10.5. The molecule has 0 aliphatic heterocycles. The van der Waals surface area contributed by atoms with E-state index in [2.05, 4.69) is 10.1 Å². The molecule has 2 N–H and O–H groups in total. The Morgan fingerprint density at radius 2 is 2.17 bits per heavy atom. The number of nitrogens with two attached hydrogens (primary N) is 1. The number of aromatic nitrogens is 3. The Balaban J connectivity index is 2.64. The monoisotopic (exact) mass is 246 g/mol. The summed E-state index contributed by atoms with van der Waals surface area (Å²) in [6, 6.07) is 3.31. The molecule has 0 aliphatic rings. The molecule has 0 bridgehead atoms. The summed E-state index contributed by atoms with van der Waals surface area (Å²) in [6.07, 6.45) is 1.59. The molecule has 18 heavy (non-hydrogen) atoms. The van der Waals surface area contributed by atoms with Crippen LogP contribution in [-0.2, 0) is 4.74 Å². The van der Waals surface area contributed by atoms with E-state index in [1.807, 2.05) is 6.92 Å². The first-order valence-electron chi connectivity index (χ1n) is 5.41. The lowest BCUT2D eigenvalue weighted by Crippen LogP contribution is -2.11. The van der Waals surface area contributed by atoms with E-state index in [0.29, 0.717) is 22.8 Å². The van der Waals surface area contributed by atoms with E-state index in [-0.39, 0.29) is 0 Å². The number of esters is 1. The normalized spacial score (nSPS) is 10.4. The molecule has 0 aromatic carbocycles. The number of hydrogen-bond acceptors (Lipinski definition) is 5. The van der Waals surface area contributed by atoms with Crippen molar-refractivity contribution in [2.75, 3.05) is 12.8 Å². The number of aryl methyl sites for hydroxylation is 1. The summed E-state index contributed by atoms with van der Waals surface area (Å²) >= 11 is 0. The van der Waals surface area contributed by atoms with E-state index < -0.39 is 5.97 Å². The van der Waals surface area contributed by atoms with Crippen molar-refractivity contribution in [2.24, 2.45) is 0 Å². The van der Waals surface area contributed by atoms with E-state index in [0.717, 1.165) is 5.69 Å². The average molecular weight is 246 g/mol. The first-order valence-corrected chi connectivity index (χ1v) is 5.41.